The highest BCUT2D eigenvalue weighted by atomic mass is 32.1. The third-order valence-corrected chi connectivity index (χ3v) is 6.74. The number of H-pyrrole nitrogens is 1. The van der Waals surface area contributed by atoms with Gasteiger partial charge in [0, 0.05) is 30.5 Å². The van der Waals surface area contributed by atoms with Gasteiger partial charge in [0.25, 0.3) is 11.5 Å². The van der Waals surface area contributed by atoms with Crippen LogP contribution in [0.25, 0.3) is 0 Å². The number of nitrogens with two attached hydrogens (primary N) is 1. The van der Waals surface area contributed by atoms with Crippen LogP contribution in [-0.2, 0) is 33.7 Å². The molecule has 0 radical (unpaired) electrons. The number of hydrogen-bond acceptors (Lipinski definition) is 8. The summed E-state index contributed by atoms with van der Waals surface area (Å²) in [6.07, 6.45) is 5.38. The van der Waals surface area contributed by atoms with Gasteiger partial charge < -0.3 is 15.2 Å². The lowest BCUT2D eigenvalue weighted by atomic mass is 9.96. The number of rotatable bonds is 10. The summed E-state index contributed by atoms with van der Waals surface area (Å²) in [5, 5.41) is 1.78. The van der Waals surface area contributed by atoms with Gasteiger partial charge in [0.15, 0.2) is 12.3 Å². The maximum absolute atomic E-state index is 13.0. The van der Waals surface area contributed by atoms with E-state index in [2.05, 4.69) is 4.98 Å². The first-order chi connectivity index (χ1) is 15.9. The van der Waals surface area contributed by atoms with Gasteiger partial charge in [-0.1, -0.05) is 13.3 Å². The molecule has 0 aliphatic heterocycles. The van der Waals surface area contributed by atoms with Gasteiger partial charge in [-0.05, 0) is 37.7 Å². The summed E-state index contributed by atoms with van der Waals surface area (Å²) < 4.78 is 11.6. The number of hydrogen-bond donors (Lipinski definition) is 2. The Morgan fingerprint density at radius 2 is 2.03 bits per heavy atom. The van der Waals surface area contributed by atoms with E-state index in [0.717, 1.165) is 42.6 Å². The molecule has 180 valence electrons. The number of thiophene rings is 1. The summed E-state index contributed by atoms with van der Waals surface area (Å²) in [6.45, 7) is 1.81. The zero-order valence-corrected chi connectivity index (χ0v) is 19.8. The minimum atomic E-state index is -0.784. The van der Waals surface area contributed by atoms with Crippen molar-refractivity contribution in [2.75, 3.05) is 37.5 Å². The number of anilines is 2. The van der Waals surface area contributed by atoms with Gasteiger partial charge in [0.05, 0.1) is 12.2 Å². The largest absolute Gasteiger partial charge is 0.452 e. The van der Waals surface area contributed by atoms with Crippen molar-refractivity contribution in [3.8, 4) is 0 Å². The number of nitrogen functional groups attached to an aromatic ring is 1. The van der Waals surface area contributed by atoms with E-state index in [9.17, 15) is 19.2 Å². The lowest BCUT2D eigenvalue weighted by Gasteiger charge is -2.24. The van der Waals surface area contributed by atoms with Crippen LogP contribution in [0.1, 0.15) is 53.4 Å². The van der Waals surface area contributed by atoms with Crippen molar-refractivity contribution in [3.05, 3.63) is 42.2 Å². The second-order valence-electron chi connectivity index (χ2n) is 7.87. The zero-order valence-electron chi connectivity index (χ0n) is 19.0. The second kappa shape index (κ2) is 11.3. The number of aromatic nitrogens is 2. The number of esters is 1. The molecular weight excluding hydrogens is 448 g/mol. The van der Waals surface area contributed by atoms with Crippen molar-refractivity contribution < 1.29 is 19.1 Å². The van der Waals surface area contributed by atoms with E-state index in [1.165, 1.54) is 27.9 Å². The van der Waals surface area contributed by atoms with Crippen LogP contribution in [0, 0.1) is 0 Å². The van der Waals surface area contributed by atoms with Gasteiger partial charge in [0.1, 0.15) is 5.82 Å². The Bertz CT molecular complexity index is 1120. The molecule has 2 aromatic heterocycles. The molecule has 10 nitrogen and oxygen atoms in total. The fraction of sp³-hybridized carbons (Fsp3) is 0.545. The highest BCUT2D eigenvalue weighted by Gasteiger charge is 2.26. The Labute approximate surface area is 195 Å². The van der Waals surface area contributed by atoms with Gasteiger partial charge in [0.2, 0.25) is 0 Å². The molecule has 1 aliphatic rings. The Balaban J connectivity index is 1.82. The number of nitrogens with zero attached hydrogens (tertiary/aromatic N) is 2. The van der Waals surface area contributed by atoms with Gasteiger partial charge in [-0.25, -0.2) is 9.59 Å². The number of carbonyl (C=O) groups excluding carboxylic acids is 2. The smallest absolute Gasteiger partial charge is 0.339 e. The van der Waals surface area contributed by atoms with Gasteiger partial charge in [-0.15, -0.1) is 11.3 Å². The molecule has 1 aliphatic carbocycles. The van der Waals surface area contributed by atoms with E-state index >= 15 is 0 Å². The van der Waals surface area contributed by atoms with Crippen molar-refractivity contribution in [2.24, 2.45) is 0 Å². The van der Waals surface area contributed by atoms with Crippen LogP contribution < -0.4 is 21.9 Å². The maximum atomic E-state index is 13.0. The van der Waals surface area contributed by atoms with Crippen LogP contribution >= 0.6 is 11.3 Å². The number of fused-ring (bicyclic) bond motifs is 1. The molecule has 0 fully saturated rings. The molecule has 3 N–H and O–H groups in total. The van der Waals surface area contributed by atoms with Gasteiger partial charge in [-0.2, -0.15) is 0 Å². The molecular formula is C22H30N4O6S. The summed E-state index contributed by atoms with van der Waals surface area (Å²) in [5.41, 5.74) is 6.07. The molecule has 11 heteroatoms. The first kappa shape index (κ1) is 24.7. The van der Waals surface area contributed by atoms with E-state index in [-0.39, 0.29) is 24.7 Å². The van der Waals surface area contributed by atoms with Crippen LogP contribution in [0.4, 0.5) is 11.5 Å². The summed E-state index contributed by atoms with van der Waals surface area (Å²) in [7, 11) is 1.46. The van der Waals surface area contributed by atoms with Crippen LogP contribution in [0.5, 0.6) is 0 Å². The molecule has 0 bridgehead atoms. The van der Waals surface area contributed by atoms with Crippen LogP contribution in [0.3, 0.4) is 0 Å². The Morgan fingerprint density at radius 3 is 2.76 bits per heavy atom. The lowest BCUT2D eigenvalue weighted by molar-refractivity contribution is -0.121. The van der Waals surface area contributed by atoms with E-state index in [0.29, 0.717) is 18.5 Å². The zero-order chi connectivity index (χ0) is 24.0. The van der Waals surface area contributed by atoms with E-state index < -0.39 is 29.7 Å². The van der Waals surface area contributed by atoms with Crippen molar-refractivity contribution in [1.29, 1.82) is 0 Å². The normalized spacial score (nSPS) is 12.9. The molecule has 33 heavy (non-hydrogen) atoms. The fourth-order valence-electron chi connectivity index (χ4n) is 3.87. The topological polar surface area (TPSA) is 137 Å². The fourth-order valence-corrected chi connectivity index (χ4v) is 4.98. The molecule has 3 rings (SSSR count). The Kier molecular flexibility index (Phi) is 8.45. The Hall–Kier alpha value is -2.92. The Morgan fingerprint density at radius 1 is 1.27 bits per heavy atom. The highest BCUT2D eigenvalue weighted by Crippen LogP contribution is 2.30. The third kappa shape index (κ3) is 5.53. The summed E-state index contributed by atoms with van der Waals surface area (Å²) in [6, 6.07) is 0. The highest BCUT2D eigenvalue weighted by molar-refractivity contribution is 7.10. The molecule has 0 aromatic carbocycles. The first-order valence-electron chi connectivity index (χ1n) is 11.1. The van der Waals surface area contributed by atoms with E-state index in [1.54, 1.807) is 5.38 Å². The second-order valence-corrected chi connectivity index (χ2v) is 8.84. The minimum absolute atomic E-state index is 0.00000535. The molecule has 0 saturated carbocycles. The van der Waals surface area contributed by atoms with Crippen molar-refractivity contribution in [3.63, 3.8) is 0 Å². The van der Waals surface area contributed by atoms with Gasteiger partial charge in [-0.3, -0.25) is 24.0 Å². The van der Waals surface area contributed by atoms with Gasteiger partial charge >= 0.3 is 11.7 Å². The monoisotopic (exact) mass is 478 g/mol. The van der Waals surface area contributed by atoms with Crippen LogP contribution in [0.15, 0.2) is 15.0 Å². The van der Waals surface area contributed by atoms with Crippen molar-refractivity contribution >= 4 is 34.7 Å². The number of ether oxygens (including phenoxy) is 2. The third-order valence-electron chi connectivity index (χ3n) is 5.65. The average molecular weight is 479 g/mol. The number of unbranched alkanes of at least 4 members (excludes halogenated alkanes) is 1. The number of carbonyl (C=O) groups is 2. The van der Waals surface area contributed by atoms with E-state index in [1.807, 2.05) is 6.92 Å². The summed E-state index contributed by atoms with van der Waals surface area (Å²) in [5.74, 6) is -1.31. The first-order valence-corrected chi connectivity index (χ1v) is 11.9. The molecule has 0 atom stereocenters. The number of amides is 1. The van der Waals surface area contributed by atoms with Crippen LogP contribution in [-0.4, -0.2) is 48.3 Å². The molecule has 0 unspecified atom stereocenters. The number of methoxy groups -OCH3 is 1. The predicted molar refractivity (Wildman–Crippen MR) is 126 cm³/mol. The van der Waals surface area contributed by atoms with Crippen molar-refractivity contribution in [1.82, 2.24) is 9.55 Å². The maximum Gasteiger partial charge on any atom is 0.339 e. The lowest BCUT2D eigenvalue weighted by Crippen LogP contribution is -2.44. The molecule has 1 amide bonds. The number of aryl methyl sites for hydroxylation is 1. The SMILES string of the molecule is CCCCn1c(N)c(N(CCOC)C(=O)COC(=O)c2csc3c2CCCC3)c(=O)[nH]c1=O. The molecule has 0 saturated heterocycles. The summed E-state index contributed by atoms with van der Waals surface area (Å²) >= 11 is 1.54. The quantitative estimate of drug-likeness (QED) is 0.496. The standard InChI is InChI=1S/C22H30N4O6S/c1-3-4-9-26-19(23)18(20(28)24-22(26)30)25(10-11-31-2)17(27)12-32-21(29)15-13-33-16-8-6-5-7-14(15)16/h13H,3-12,23H2,1-2H3,(H,24,28,30). The number of aromatic amines is 1. The predicted octanol–water partition coefficient (Wildman–Crippen LogP) is 1.70. The molecule has 0 spiro atoms. The van der Waals surface area contributed by atoms with Crippen molar-refractivity contribution in [2.45, 2.75) is 52.0 Å². The minimum Gasteiger partial charge on any atom is -0.452 e. The number of nitrogens with one attached hydrogen (secondary N) is 1. The summed E-state index contributed by atoms with van der Waals surface area (Å²) in [4.78, 5) is 55.0. The molecule has 2 heterocycles. The van der Waals surface area contributed by atoms with E-state index in [4.69, 9.17) is 15.2 Å². The molecule has 2 aromatic rings. The van der Waals surface area contributed by atoms with Crippen LogP contribution in [0.2, 0.25) is 0 Å². The average Bonchev–Trinajstić information content (AvgIpc) is 3.23.